The molecule has 10 heteroatoms. The summed E-state index contributed by atoms with van der Waals surface area (Å²) in [7, 11) is -3.73. The first-order chi connectivity index (χ1) is 16.4. The van der Waals surface area contributed by atoms with Gasteiger partial charge < -0.3 is 24.2 Å². The van der Waals surface area contributed by atoms with Gasteiger partial charge in [0.25, 0.3) is 10.0 Å². The van der Waals surface area contributed by atoms with Crippen LogP contribution in [0.15, 0.2) is 53.4 Å². The minimum Gasteiger partial charge on any atom is -0.487 e. The molecule has 0 bridgehead atoms. The molecule has 2 aromatic rings. The summed E-state index contributed by atoms with van der Waals surface area (Å²) < 4.78 is 45.6. The van der Waals surface area contributed by atoms with Gasteiger partial charge in [0.2, 0.25) is 5.91 Å². The molecule has 182 valence electrons. The van der Waals surface area contributed by atoms with E-state index in [0.717, 1.165) is 5.56 Å². The molecular weight excluding hydrogens is 460 g/mol. The lowest BCUT2D eigenvalue weighted by molar-refractivity contribution is -0.151. The Morgan fingerprint density at radius 2 is 1.88 bits per heavy atom. The van der Waals surface area contributed by atoms with E-state index < -0.39 is 22.2 Å². The lowest BCUT2D eigenvalue weighted by Gasteiger charge is -2.38. The van der Waals surface area contributed by atoms with Crippen LogP contribution in [0.3, 0.4) is 0 Å². The summed E-state index contributed by atoms with van der Waals surface area (Å²) in [6.45, 7) is 1.97. The second-order valence-corrected chi connectivity index (χ2v) is 10.5. The highest BCUT2D eigenvalue weighted by molar-refractivity contribution is 7.92. The zero-order chi connectivity index (χ0) is 23.7. The molecule has 0 spiro atoms. The van der Waals surface area contributed by atoms with Gasteiger partial charge in [-0.15, -0.1) is 0 Å². The number of rotatable bonds is 6. The third-order valence-corrected chi connectivity index (χ3v) is 7.97. The molecule has 2 N–H and O–H groups in total. The number of benzene rings is 2. The number of hydrogen-bond donors (Lipinski definition) is 2. The number of carbonyl (C=O) groups excluding carboxylic acids is 1. The molecule has 1 amide bonds. The van der Waals surface area contributed by atoms with Gasteiger partial charge >= 0.3 is 0 Å². The van der Waals surface area contributed by atoms with Crippen molar-refractivity contribution in [3.8, 4) is 5.75 Å². The predicted octanol–water partition coefficient (Wildman–Crippen LogP) is 1.73. The molecule has 0 aliphatic carbocycles. The van der Waals surface area contributed by atoms with Crippen LogP contribution in [0.2, 0.25) is 0 Å². The number of carbonyl (C=O) groups is 1. The Balaban J connectivity index is 1.34. The second-order valence-electron chi connectivity index (χ2n) is 8.77. The van der Waals surface area contributed by atoms with Crippen molar-refractivity contribution in [1.29, 1.82) is 0 Å². The number of nitrogens with one attached hydrogen (secondary N) is 1. The molecule has 4 atom stereocenters. The highest BCUT2D eigenvalue weighted by Gasteiger charge is 2.46. The number of ether oxygens (including phenoxy) is 3. The molecule has 5 rings (SSSR count). The average molecular weight is 489 g/mol. The number of hydrogen-bond acceptors (Lipinski definition) is 7. The van der Waals surface area contributed by atoms with Crippen LogP contribution in [0.4, 0.5) is 5.69 Å². The normalized spacial score (nSPS) is 26.3. The lowest BCUT2D eigenvalue weighted by Crippen LogP contribution is -2.48. The van der Waals surface area contributed by atoms with E-state index in [2.05, 4.69) is 4.72 Å². The number of fused-ring (bicyclic) bond motifs is 3. The largest absolute Gasteiger partial charge is 0.487 e. The Labute approximate surface area is 198 Å². The molecule has 3 aliphatic rings. The van der Waals surface area contributed by atoms with Crippen LogP contribution in [0.5, 0.6) is 5.75 Å². The van der Waals surface area contributed by atoms with E-state index in [1.165, 1.54) is 12.1 Å². The van der Waals surface area contributed by atoms with Gasteiger partial charge in [0.15, 0.2) is 0 Å². The zero-order valence-corrected chi connectivity index (χ0v) is 19.4. The quantitative estimate of drug-likeness (QED) is 0.637. The molecular formula is C24H28N2O7S. The molecule has 2 saturated heterocycles. The van der Waals surface area contributed by atoms with Crippen LogP contribution in [0.1, 0.15) is 24.3 Å². The standard InChI is InChI=1S/C24H28N2O7S/c27-15-22-24-20(13-17(32-22)14-23(28)26-8-10-31-11-9-26)19-12-16(6-7-21(19)33-24)25-34(29,30)18-4-2-1-3-5-18/h1-7,12,17,20,22,24-25,27H,8-11,13-15H2/t17-,20+,22+,24-/m0/s1. The summed E-state index contributed by atoms with van der Waals surface area (Å²) in [6.07, 6.45) is -0.573. The monoisotopic (exact) mass is 488 g/mol. The maximum absolute atomic E-state index is 12.8. The first kappa shape index (κ1) is 23.1. The van der Waals surface area contributed by atoms with Crippen molar-refractivity contribution >= 4 is 21.6 Å². The van der Waals surface area contributed by atoms with E-state index in [-0.39, 0.29) is 35.9 Å². The van der Waals surface area contributed by atoms with Crippen molar-refractivity contribution in [2.24, 2.45) is 0 Å². The number of sulfonamides is 1. The SMILES string of the molecule is O=C(C[C@@H]1C[C@@H]2c3cc(NS(=O)(=O)c4ccccc4)ccc3O[C@@H]2[C@@H](CO)O1)N1CCOCC1. The molecule has 2 fully saturated rings. The molecule has 0 radical (unpaired) electrons. The van der Waals surface area contributed by atoms with Crippen LogP contribution in [-0.2, 0) is 24.3 Å². The molecule has 0 aromatic heterocycles. The smallest absolute Gasteiger partial charge is 0.261 e. The van der Waals surface area contributed by atoms with Crippen LogP contribution in [0, 0.1) is 0 Å². The van der Waals surface area contributed by atoms with E-state index in [1.807, 2.05) is 0 Å². The summed E-state index contributed by atoms with van der Waals surface area (Å²) in [4.78, 5) is 14.7. The fourth-order valence-electron chi connectivity index (χ4n) is 4.90. The number of aliphatic hydroxyl groups excluding tert-OH is 1. The van der Waals surface area contributed by atoms with E-state index in [1.54, 1.807) is 41.3 Å². The lowest BCUT2D eigenvalue weighted by atomic mass is 9.84. The Kier molecular flexibility index (Phi) is 6.48. The zero-order valence-electron chi connectivity index (χ0n) is 18.6. The van der Waals surface area contributed by atoms with Gasteiger partial charge in [0.1, 0.15) is 18.0 Å². The minimum absolute atomic E-state index is 0.00644. The van der Waals surface area contributed by atoms with Crippen molar-refractivity contribution in [2.75, 3.05) is 37.6 Å². The van der Waals surface area contributed by atoms with Crippen LogP contribution in [0.25, 0.3) is 0 Å². The van der Waals surface area contributed by atoms with E-state index >= 15 is 0 Å². The number of nitrogens with zero attached hydrogens (tertiary/aromatic N) is 1. The minimum atomic E-state index is -3.73. The van der Waals surface area contributed by atoms with Crippen molar-refractivity contribution < 1.29 is 32.5 Å². The van der Waals surface area contributed by atoms with Crippen LogP contribution < -0.4 is 9.46 Å². The van der Waals surface area contributed by atoms with Gasteiger partial charge in [-0.25, -0.2) is 8.42 Å². The van der Waals surface area contributed by atoms with Gasteiger partial charge in [0.05, 0.1) is 37.2 Å². The van der Waals surface area contributed by atoms with Gasteiger partial charge in [-0.2, -0.15) is 0 Å². The highest BCUT2D eigenvalue weighted by atomic mass is 32.2. The first-order valence-electron chi connectivity index (χ1n) is 11.4. The van der Waals surface area contributed by atoms with Gasteiger partial charge in [-0.3, -0.25) is 9.52 Å². The van der Waals surface area contributed by atoms with Gasteiger partial charge in [-0.05, 0) is 36.8 Å². The van der Waals surface area contributed by atoms with E-state index in [4.69, 9.17) is 14.2 Å². The molecule has 9 nitrogen and oxygen atoms in total. The molecule has 34 heavy (non-hydrogen) atoms. The summed E-state index contributed by atoms with van der Waals surface area (Å²) in [6, 6.07) is 13.3. The third-order valence-electron chi connectivity index (χ3n) is 6.57. The third kappa shape index (κ3) is 4.63. The fourth-order valence-corrected chi connectivity index (χ4v) is 5.97. The number of morpholine rings is 1. The Bertz CT molecular complexity index is 1140. The highest BCUT2D eigenvalue weighted by Crippen LogP contribution is 2.47. The van der Waals surface area contributed by atoms with Crippen LogP contribution >= 0.6 is 0 Å². The summed E-state index contributed by atoms with van der Waals surface area (Å²) in [5.74, 6) is 0.524. The second kappa shape index (κ2) is 9.53. The van der Waals surface area contributed by atoms with Crippen molar-refractivity contribution in [1.82, 2.24) is 4.90 Å². The molecule has 0 saturated carbocycles. The summed E-state index contributed by atoms with van der Waals surface area (Å²) in [5, 5.41) is 9.94. The molecule has 3 heterocycles. The predicted molar refractivity (Wildman–Crippen MR) is 123 cm³/mol. The van der Waals surface area contributed by atoms with Gasteiger partial charge in [0, 0.05) is 30.3 Å². The molecule has 0 unspecified atom stereocenters. The number of anilines is 1. The van der Waals surface area contributed by atoms with E-state index in [0.29, 0.717) is 44.2 Å². The molecule has 3 aliphatic heterocycles. The molecule has 2 aromatic carbocycles. The summed E-state index contributed by atoms with van der Waals surface area (Å²) >= 11 is 0. The Morgan fingerprint density at radius 1 is 1.12 bits per heavy atom. The van der Waals surface area contributed by atoms with Gasteiger partial charge in [-0.1, -0.05) is 18.2 Å². The fraction of sp³-hybridized carbons (Fsp3) is 0.458. The maximum atomic E-state index is 12.8. The average Bonchev–Trinajstić information content (AvgIpc) is 3.22. The topological polar surface area (TPSA) is 114 Å². The first-order valence-corrected chi connectivity index (χ1v) is 12.9. The van der Waals surface area contributed by atoms with Crippen molar-refractivity contribution in [3.63, 3.8) is 0 Å². The maximum Gasteiger partial charge on any atom is 0.261 e. The summed E-state index contributed by atoms with van der Waals surface area (Å²) in [5.41, 5.74) is 1.28. The van der Waals surface area contributed by atoms with Crippen molar-refractivity contribution in [3.05, 3.63) is 54.1 Å². The number of aliphatic hydroxyl groups is 1. The van der Waals surface area contributed by atoms with Crippen molar-refractivity contribution in [2.45, 2.75) is 42.0 Å². The Morgan fingerprint density at radius 3 is 2.62 bits per heavy atom. The number of amides is 1. The van der Waals surface area contributed by atoms with E-state index in [9.17, 15) is 18.3 Å². The Hall–Kier alpha value is -2.66. The van der Waals surface area contributed by atoms with Crippen LogP contribution in [-0.4, -0.2) is 75.6 Å².